The zero-order valence-corrected chi connectivity index (χ0v) is 89.8. The lowest BCUT2D eigenvalue weighted by Crippen LogP contribution is -2.12. The molecule has 0 radical (unpaired) electrons. The Morgan fingerprint density at radius 1 is 0.410 bits per heavy atom. The van der Waals surface area contributed by atoms with Crippen LogP contribution in [-0.2, 0) is 57.0 Å². The van der Waals surface area contributed by atoms with Gasteiger partial charge in [0.25, 0.3) is 0 Å². The Morgan fingerprint density at radius 3 is 1.27 bits per heavy atom. The van der Waals surface area contributed by atoms with E-state index in [0.29, 0.717) is 53.6 Å². The Bertz CT molecular complexity index is 4980. The predicted octanol–water partition coefficient (Wildman–Crippen LogP) is 23.5. The minimum atomic E-state index is -0.916. The van der Waals surface area contributed by atoms with Crippen molar-refractivity contribution in [3.63, 3.8) is 0 Å². The molecule has 21 N–H and O–H groups in total. The summed E-state index contributed by atoms with van der Waals surface area (Å²) in [6.07, 6.45) is 14.7. The number of hydrogen-bond donors (Lipinski definition) is 20. The lowest BCUT2D eigenvalue weighted by Gasteiger charge is -2.20. The van der Waals surface area contributed by atoms with Gasteiger partial charge in [-0.05, 0) is 310 Å². The summed E-state index contributed by atoms with van der Waals surface area (Å²) in [4.78, 5) is 14.9. The lowest BCUT2D eigenvalue weighted by atomic mass is 9.91. The molecule has 0 aliphatic rings. The van der Waals surface area contributed by atoms with Crippen LogP contribution >= 0.6 is 0 Å². The van der Waals surface area contributed by atoms with Crippen molar-refractivity contribution in [2.75, 3.05) is 40.0 Å². The number of nitrogens with one attached hydrogen (secondary N) is 2. The van der Waals surface area contributed by atoms with Crippen LogP contribution in [0.1, 0.15) is 347 Å². The number of phenols is 6. The second-order valence-electron chi connectivity index (χ2n) is 37.5. The summed E-state index contributed by atoms with van der Waals surface area (Å²) in [6, 6.07) is 52.7. The molecule has 0 aliphatic heterocycles. The molecule has 0 aliphatic carbocycles. The topological polar surface area (TPSA) is 472 Å². The maximum atomic E-state index is 10.7. The monoisotopic (exact) mass is 2010 g/mol. The number of hydrogen-bond acceptors (Lipinski definition) is 24. The van der Waals surface area contributed by atoms with Crippen molar-refractivity contribution >= 4 is 17.5 Å². The second kappa shape index (κ2) is 75.8. The number of aliphatic imine (C=N–C) groups is 1. The Balaban J connectivity index is 0.000000811. The van der Waals surface area contributed by atoms with E-state index in [4.69, 9.17) is 45.4 Å². The normalized spacial score (nSPS) is 13.0. The lowest BCUT2D eigenvalue weighted by molar-refractivity contribution is -0.141. The quantitative estimate of drug-likeness (QED) is 0.00956. The third-order valence-corrected chi connectivity index (χ3v) is 23.8. The summed E-state index contributed by atoms with van der Waals surface area (Å²) in [5.74, 6) is 3.09. The zero-order valence-electron chi connectivity index (χ0n) is 89.8. The van der Waals surface area contributed by atoms with E-state index in [9.17, 15) is 76.3 Å². The Morgan fingerprint density at radius 2 is 0.826 bits per heavy atom. The van der Waals surface area contributed by atoms with E-state index in [-0.39, 0.29) is 96.8 Å². The fourth-order valence-electron chi connectivity index (χ4n) is 14.3. The molecule has 0 amide bonds. The van der Waals surface area contributed by atoms with Gasteiger partial charge in [0.1, 0.15) is 28.7 Å². The molecule has 0 bridgehead atoms. The Labute approximate surface area is 860 Å². The van der Waals surface area contributed by atoms with Gasteiger partial charge in [-0.2, -0.15) is 0 Å². The number of unbranched alkanes of at least 4 members (excludes halogenated alkanes) is 2. The van der Waals surface area contributed by atoms with Crippen molar-refractivity contribution in [2.24, 2.45) is 46.2 Å². The van der Waals surface area contributed by atoms with Crippen molar-refractivity contribution in [2.45, 2.75) is 323 Å². The van der Waals surface area contributed by atoms with Crippen molar-refractivity contribution in [3.8, 4) is 57.5 Å². The van der Waals surface area contributed by atoms with Crippen LogP contribution in [0.5, 0.6) is 57.5 Å². The van der Waals surface area contributed by atoms with Gasteiger partial charge in [-0.3, -0.25) is 9.79 Å². The van der Waals surface area contributed by atoms with Crippen LogP contribution < -0.4 is 30.0 Å². The van der Waals surface area contributed by atoms with E-state index in [1.807, 2.05) is 173 Å². The van der Waals surface area contributed by atoms with Gasteiger partial charge >= 0.3 is 5.97 Å². The number of aromatic hydroxyl groups is 6. The molecular weight excluding hydrogens is 1830 g/mol. The molecule has 9 rings (SSSR count). The third kappa shape index (κ3) is 53.3. The number of rotatable bonds is 49. The summed E-state index contributed by atoms with van der Waals surface area (Å²) in [5, 5.41) is 173. The molecule has 0 saturated heterocycles. The second-order valence-corrected chi connectivity index (χ2v) is 37.5. The van der Waals surface area contributed by atoms with E-state index in [2.05, 4.69) is 70.9 Å². The van der Waals surface area contributed by atoms with Crippen LogP contribution in [0.4, 0.5) is 0 Å². The van der Waals surface area contributed by atoms with Gasteiger partial charge < -0.3 is 122 Å². The first-order chi connectivity index (χ1) is 68.6. The highest BCUT2D eigenvalue weighted by Crippen LogP contribution is 2.39. The molecule has 0 spiro atoms. The average molecular weight is 2010 g/mol. The fraction of sp³-hybridized carbons (Fsp3) is 0.517. The Kier molecular flexibility index (Phi) is 69.1. The molecule has 26 heteroatoms. The number of aliphatic carboxylic acids is 1. The summed E-state index contributed by atoms with van der Waals surface area (Å²) < 4.78 is 21.8. The van der Waals surface area contributed by atoms with E-state index >= 15 is 0 Å². The molecule has 0 heterocycles. The van der Waals surface area contributed by atoms with Crippen molar-refractivity contribution in [3.05, 3.63) is 259 Å². The van der Waals surface area contributed by atoms with Crippen molar-refractivity contribution in [1.82, 2.24) is 5.32 Å². The first-order valence-corrected chi connectivity index (χ1v) is 51.5. The maximum absolute atomic E-state index is 10.7. The van der Waals surface area contributed by atoms with Gasteiger partial charge in [0.2, 0.25) is 5.75 Å². The van der Waals surface area contributed by atoms with Gasteiger partial charge in [-0.25, -0.2) is 0 Å². The van der Waals surface area contributed by atoms with Crippen LogP contribution in [0.25, 0.3) is 0 Å². The molecule has 26 nitrogen and oxygen atoms in total. The molecule has 804 valence electrons. The number of phenolic OH excluding ortho intramolecular Hbond substituents is 6. The molecule has 9 aromatic rings. The van der Waals surface area contributed by atoms with Crippen LogP contribution in [-0.4, -0.2) is 144 Å². The van der Waals surface area contributed by atoms with Crippen LogP contribution in [0.3, 0.4) is 0 Å². The molecular formula is C118H180N4O22. The molecule has 9 aromatic carbocycles. The number of aryl methyl sites for hydroxylation is 3. The van der Waals surface area contributed by atoms with E-state index in [1.54, 1.807) is 56.3 Å². The smallest absolute Gasteiger partial charge is 0.306 e. The number of carbonyl (C=O) groups is 1. The minimum Gasteiger partial charge on any atom is -0.508 e. The summed E-state index contributed by atoms with van der Waals surface area (Å²) in [7, 11) is 1.85. The SMILES string of the molecule is CCC(C)CCC(O)c1ccc(CO)c(CO)c1.CCCCC(C)C(O)c1ccc(CO)c(CO)c1.CCCCC(C)C(O)c1ccc(O)c(O)c1.CCCOc1c(O)cc(CC(C)C(=O)O)cc1O.CCCOc1cccc(C(O)C(C)C)c1.CCCOc1cccc(CCCC(C)=N)c1.CCCOc1cccc(CN=C(C)N)c1.CCc1ccc(C(O)C(C)C)cc1O.CNCCC(O)c1ccc(C)c(O)c1. The highest BCUT2D eigenvalue weighted by atomic mass is 16.5. The summed E-state index contributed by atoms with van der Waals surface area (Å²) in [6.45, 7) is 41.4. The number of nitrogens with two attached hydrogens (primary N) is 1. The molecule has 10 unspecified atom stereocenters. The molecule has 0 aromatic heterocycles. The maximum Gasteiger partial charge on any atom is 0.306 e. The highest BCUT2D eigenvalue weighted by molar-refractivity contribution is 5.78. The van der Waals surface area contributed by atoms with Crippen molar-refractivity contribution < 1.29 is 111 Å². The first-order valence-electron chi connectivity index (χ1n) is 51.5. The number of carboxylic acid groups (broad SMARTS) is 1. The van der Waals surface area contributed by atoms with E-state index in [1.165, 1.54) is 29.8 Å². The number of nitrogens with zero attached hydrogens (tertiary/aromatic N) is 1. The van der Waals surface area contributed by atoms with Gasteiger partial charge in [-0.15, -0.1) is 0 Å². The van der Waals surface area contributed by atoms with E-state index in [0.717, 1.165) is 214 Å². The Hall–Kier alpha value is -10.9. The van der Waals surface area contributed by atoms with Gasteiger partial charge in [0, 0.05) is 5.71 Å². The van der Waals surface area contributed by atoms with E-state index < -0.39 is 48.5 Å². The number of carboxylic acids is 1. The standard InChI is InChI=1S/2C15H24O3.C14H21NO.C13H18O5.C13H20O3.C13H20O2.C12H18N2O.C12H18O2.C11H17NO2/c1-3-11(2)4-7-15(18)12-5-6-13(9-16)14(8-12)10-17;1-3-4-5-11(2)15(18)12-6-7-13(9-16)14(8-12)10-17;1-3-10-16-14-9-5-8-13(11-14)7-4-6-12(2)15;1-3-4-18-12-10(14)6-9(7-11(12)15)5-8(2)13(16)17;1-3-4-5-9(2)13(16)10-6-7-11(14)12(15)8-10;1-4-8-15-12-7-5-6-11(9-12)13(14)10(2)3;1-3-7-15-12-6-4-5-11(8-12)9-14-10(2)13;1-4-9-5-6-10(7-11(9)13)12(14)8(2)3;1-8-3-4-9(7-11(8)14)10(13)5-6-12-2/h5-6,8,11,15-18H,3-4,7,9-10H2,1-2H3;6-8,11,15-18H,3-5,9-10H2,1-2H3;5,8-9,11,15H,3-4,6-7,10H2,1-2H3;6-8,14-15H,3-5H2,1-2H3,(H,16,17);6-9,13-16H,3-5H2,1-2H3;5-7,9-10,13-14H,4,8H2,1-3H3;4-6,8H,3,7,9H2,1-2H3,(H2,13,14);5-8,12-14H,4H2,1-3H3;3-4,7,10,12-14H,5-6H2,1-2H3. The predicted molar refractivity (Wildman–Crippen MR) is 581 cm³/mol. The molecule has 0 saturated carbocycles. The van der Waals surface area contributed by atoms with Crippen LogP contribution in [0, 0.1) is 47.8 Å². The summed E-state index contributed by atoms with van der Waals surface area (Å²) >= 11 is 0. The third-order valence-electron chi connectivity index (χ3n) is 23.8. The largest absolute Gasteiger partial charge is 0.508 e. The minimum absolute atomic E-state index is 0.0450. The zero-order chi connectivity index (χ0) is 108. The number of amidine groups is 1. The molecule has 0 fully saturated rings. The van der Waals surface area contributed by atoms with Gasteiger partial charge in [0.05, 0.1) is 108 Å². The van der Waals surface area contributed by atoms with Crippen LogP contribution in [0.2, 0.25) is 0 Å². The summed E-state index contributed by atoms with van der Waals surface area (Å²) in [5.41, 5.74) is 18.6. The molecule has 144 heavy (non-hydrogen) atoms. The first kappa shape index (κ1) is 131. The fourth-order valence-corrected chi connectivity index (χ4v) is 14.3. The van der Waals surface area contributed by atoms with Crippen molar-refractivity contribution in [1.29, 1.82) is 5.41 Å². The van der Waals surface area contributed by atoms with Gasteiger partial charge in [0.15, 0.2) is 23.0 Å². The number of aliphatic hydroxyl groups excluding tert-OH is 10. The highest BCUT2D eigenvalue weighted by Gasteiger charge is 2.23. The number of aliphatic hydroxyl groups is 10. The molecule has 10 atom stereocenters. The van der Waals surface area contributed by atoms with Crippen LogP contribution in [0.15, 0.2) is 181 Å². The number of benzene rings is 9. The number of ether oxygens (including phenoxy) is 4. The average Bonchev–Trinajstić information content (AvgIpc) is 0.830. The van der Waals surface area contributed by atoms with Gasteiger partial charge in [-0.1, -0.05) is 246 Å².